The Morgan fingerprint density at radius 2 is 1.82 bits per heavy atom. The molecule has 0 amide bonds. The fraction of sp³-hybridized carbons (Fsp3) is 0.0625. The number of rotatable bonds is 4. The van der Waals surface area contributed by atoms with Gasteiger partial charge in [0, 0.05) is 29.4 Å². The van der Waals surface area contributed by atoms with Crippen LogP contribution in [0.3, 0.4) is 0 Å². The fourth-order valence-electron chi connectivity index (χ4n) is 2.05. The molecular formula is C16H11ClN2O2S. The van der Waals surface area contributed by atoms with Crippen LogP contribution >= 0.6 is 22.9 Å². The molecule has 0 radical (unpaired) electrons. The molecule has 4 nitrogen and oxygen atoms in total. The van der Waals surface area contributed by atoms with E-state index in [1.54, 1.807) is 24.5 Å². The van der Waals surface area contributed by atoms with Crippen molar-refractivity contribution in [2.24, 2.45) is 0 Å². The molecule has 0 aliphatic rings. The minimum atomic E-state index is -0.957. The first kappa shape index (κ1) is 14.7. The maximum Gasteiger partial charge on any atom is 0.347 e. The Balaban J connectivity index is 1.97. The Morgan fingerprint density at radius 3 is 2.45 bits per heavy atom. The highest BCUT2D eigenvalue weighted by molar-refractivity contribution is 7.17. The fourth-order valence-corrected chi connectivity index (χ4v) is 3.10. The van der Waals surface area contributed by atoms with Crippen LogP contribution in [0.2, 0.25) is 5.02 Å². The van der Waals surface area contributed by atoms with Crippen molar-refractivity contribution in [3.05, 3.63) is 69.9 Å². The number of thiazole rings is 1. The van der Waals surface area contributed by atoms with E-state index in [-0.39, 0.29) is 4.88 Å². The SMILES string of the molecule is O=C(O)c1sc(-c2ccncc2)nc1Cc1ccc(Cl)cc1. The highest BCUT2D eigenvalue weighted by atomic mass is 35.5. The van der Waals surface area contributed by atoms with E-state index in [4.69, 9.17) is 11.6 Å². The number of hydrogen-bond acceptors (Lipinski definition) is 4. The summed E-state index contributed by atoms with van der Waals surface area (Å²) in [6.45, 7) is 0. The van der Waals surface area contributed by atoms with Crippen molar-refractivity contribution in [1.82, 2.24) is 9.97 Å². The molecule has 3 aromatic rings. The maximum absolute atomic E-state index is 11.4. The Morgan fingerprint density at radius 1 is 1.14 bits per heavy atom. The molecule has 0 aliphatic carbocycles. The summed E-state index contributed by atoms with van der Waals surface area (Å²) >= 11 is 7.05. The van der Waals surface area contributed by atoms with Gasteiger partial charge in [0.2, 0.25) is 0 Å². The zero-order valence-corrected chi connectivity index (χ0v) is 12.9. The average molecular weight is 331 g/mol. The van der Waals surface area contributed by atoms with Gasteiger partial charge in [0.1, 0.15) is 9.88 Å². The summed E-state index contributed by atoms with van der Waals surface area (Å²) in [6.07, 6.45) is 3.78. The minimum Gasteiger partial charge on any atom is -0.477 e. The third kappa shape index (κ3) is 3.16. The Bertz CT molecular complexity index is 801. The maximum atomic E-state index is 11.4. The number of pyridine rings is 1. The van der Waals surface area contributed by atoms with Gasteiger partial charge in [-0.1, -0.05) is 23.7 Å². The summed E-state index contributed by atoms with van der Waals surface area (Å²) in [5.74, 6) is -0.957. The second kappa shape index (κ2) is 6.25. The van der Waals surface area contributed by atoms with Crippen molar-refractivity contribution in [2.45, 2.75) is 6.42 Å². The first-order valence-electron chi connectivity index (χ1n) is 6.51. The second-order valence-electron chi connectivity index (χ2n) is 4.64. The van der Waals surface area contributed by atoms with E-state index in [0.717, 1.165) is 11.1 Å². The number of benzene rings is 1. The molecule has 0 saturated carbocycles. The lowest BCUT2D eigenvalue weighted by Crippen LogP contribution is -1.99. The van der Waals surface area contributed by atoms with Crippen molar-refractivity contribution in [1.29, 1.82) is 0 Å². The van der Waals surface area contributed by atoms with E-state index in [1.807, 2.05) is 24.3 Å². The Hall–Kier alpha value is -2.24. The van der Waals surface area contributed by atoms with Gasteiger partial charge in [-0.25, -0.2) is 9.78 Å². The smallest absolute Gasteiger partial charge is 0.347 e. The van der Waals surface area contributed by atoms with Crippen molar-refractivity contribution in [2.75, 3.05) is 0 Å². The Kier molecular flexibility index (Phi) is 4.18. The van der Waals surface area contributed by atoms with Gasteiger partial charge in [-0.2, -0.15) is 0 Å². The second-order valence-corrected chi connectivity index (χ2v) is 6.07. The lowest BCUT2D eigenvalue weighted by Gasteiger charge is -2.00. The average Bonchev–Trinajstić information content (AvgIpc) is 2.95. The number of aromatic nitrogens is 2. The van der Waals surface area contributed by atoms with Gasteiger partial charge in [-0.15, -0.1) is 11.3 Å². The summed E-state index contributed by atoms with van der Waals surface area (Å²) in [6, 6.07) is 11.0. The molecule has 0 aliphatic heterocycles. The van der Waals surface area contributed by atoms with Crippen molar-refractivity contribution >= 4 is 28.9 Å². The van der Waals surface area contributed by atoms with Crippen LogP contribution in [0.1, 0.15) is 20.9 Å². The van der Waals surface area contributed by atoms with Crippen molar-refractivity contribution in [3.8, 4) is 10.6 Å². The minimum absolute atomic E-state index is 0.266. The molecule has 0 saturated heterocycles. The summed E-state index contributed by atoms with van der Waals surface area (Å²) in [5, 5.41) is 10.7. The van der Waals surface area contributed by atoms with Gasteiger partial charge in [0.25, 0.3) is 0 Å². The van der Waals surface area contributed by atoms with Crippen LogP contribution in [0, 0.1) is 0 Å². The molecule has 1 aromatic carbocycles. The van der Waals surface area contributed by atoms with Gasteiger partial charge >= 0.3 is 5.97 Å². The molecule has 110 valence electrons. The van der Waals surface area contributed by atoms with E-state index < -0.39 is 5.97 Å². The topological polar surface area (TPSA) is 63.1 Å². The zero-order valence-electron chi connectivity index (χ0n) is 11.4. The van der Waals surface area contributed by atoms with Gasteiger partial charge in [0.15, 0.2) is 0 Å². The van der Waals surface area contributed by atoms with E-state index in [1.165, 1.54) is 11.3 Å². The van der Waals surface area contributed by atoms with Gasteiger partial charge in [-0.05, 0) is 29.8 Å². The number of hydrogen-bond donors (Lipinski definition) is 1. The van der Waals surface area contributed by atoms with Crippen molar-refractivity contribution in [3.63, 3.8) is 0 Å². The van der Waals surface area contributed by atoms with Gasteiger partial charge in [-0.3, -0.25) is 4.98 Å². The molecule has 6 heteroatoms. The normalized spacial score (nSPS) is 10.6. The van der Waals surface area contributed by atoms with E-state index >= 15 is 0 Å². The van der Waals surface area contributed by atoms with Crippen molar-refractivity contribution < 1.29 is 9.90 Å². The molecular weight excluding hydrogens is 320 g/mol. The highest BCUT2D eigenvalue weighted by Gasteiger charge is 2.18. The lowest BCUT2D eigenvalue weighted by molar-refractivity contribution is 0.0701. The first-order chi connectivity index (χ1) is 10.6. The van der Waals surface area contributed by atoms with E-state index in [0.29, 0.717) is 22.1 Å². The summed E-state index contributed by atoms with van der Waals surface area (Å²) in [7, 11) is 0. The molecule has 22 heavy (non-hydrogen) atoms. The highest BCUT2D eigenvalue weighted by Crippen LogP contribution is 2.29. The van der Waals surface area contributed by atoms with Crippen LogP contribution in [0.5, 0.6) is 0 Å². The van der Waals surface area contributed by atoms with Crippen LogP contribution in [0.4, 0.5) is 0 Å². The molecule has 0 unspecified atom stereocenters. The third-order valence-electron chi connectivity index (χ3n) is 3.10. The van der Waals surface area contributed by atoms with Gasteiger partial charge < -0.3 is 5.11 Å². The molecule has 0 atom stereocenters. The van der Waals surface area contributed by atoms with E-state index in [9.17, 15) is 9.90 Å². The molecule has 0 spiro atoms. The lowest BCUT2D eigenvalue weighted by atomic mass is 10.1. The standard InChI is InChI=1S/C16H11ClN2O2S/c17-12-3-1-10(2-4-12)9-13-14(16(20)21)22-15(19-13)11-5-7-18-8-6-11/h1-8H,9H2,(H,20,21). The predicted octanol–water partition coefficient (Wildman–Crippen LogP) is 4.15. The first-order valence-corrected chi connectivity index (χ1v) is 7.71. The van der Waals surface area contributed by atoms with Gasteiger partial charge in [0.05, 0.1) is 5.69 Å². The summed E-state index contributed by atoms with van der Waals surface area (Å²) in [4.78, 5) is 20.2. The zero-order chi connectivity index (χ0) is 15.5. The number of carboxylic acids is 1. The number of aromatic carboxylic acids is 1. The molecule has 2 heterocycles. The molecule has 0 bridgehead atoms. The number of halogens is 1. The number of nitrogens with zero attached hydrogens (tertiary/aromatic N) is 2. The van der Waals surface area contributed by atoms with Crippen LogP contribution in [-0.2, 0) is 6.42 Å². The number of carboxylic acid groups (broad SMARTS) is 1. The Labute approximate surface area is 136 Å². The molecule has 1 N–H and O–H groups in total. The predicted molar refractivity (Wildman–Crippen MR) is 86.6 cm³/mol. The largest absolute Gasteiger partial charge is 0.477 e. The molecule has 2 aromatic heterocycles. The summed E-state index contributed by atoms with van der Waals surface area (Å²) < 4.78 is 0. The van der Waals surface area contributed by atoms with E-state index in [2.05, 4.69) is 9.97 Å². The monoisotopic (exact) mass is 330 g/mol. The molecule has 3 rings (SSSR count). The van der Waals surface area contributed by atoms with Crippen LogP contribution in [-0.4, -0.2) is 21.0 Å². The summed E-state index contributed by atoms with van der Waals surface area (Å²) in [5.41, 5.74) is 2.40. The quantitative estimate of drug-likeness (QED) is 0.780. The van der Waals surface area contributed by atoms with Crippen LogP contribution in [0.25, 0.3) is 10.6 Å². The van der Waals surface area contributed by atoms with Crippen LogP contribution < -0.4 is 0 Å². The number of carbonyl (C=O) groups is 1. The third-order valence-corrected chi connectivity index (χ3v) is 4.49. The van der Waals surface area contributed by atoms with Crippen LogP contribution in [0.15, 0.2) is 48.8 Å². The molecule has 0 fully saturated rings.